The predicted molar refractivity (Wildman–Crippen MR) is 85.0 cm³/mol. The van der Waals surface area contributed by atoms with Crippen LogP contribution in [0.5, 0.6) is 0 Å². The molecule has 1 atom stereocenters. The molecule has 0 aromatic carbocycles. The maximum Gasteiger partial charge on any atom is 0.411 e. The molecule has 0 spiro atoms. The van der Waals surface area contributed by atoms with E-state index in [0.29, 0.717) is 11.4 Å². The second kappa shape index (κ2) is 5.91. The number of methoxy groups -OCH3 is 1. The van der Waals surface area contributed by atoms with E-state index in [4.69, 9.17) is 9.47 Å². The molecule has 2 rings (SSSR count). The van der Waals surface area contributed by atoms with Crippen molar-refractivity contribution >= 4 is 23.4 Å². The van der Waals surface area contributed by atoms with Crippen molar-refractivity contribution in [2.24, 2.45) is 5.92 Å². The van der Waals surface area contributed by atoms with Crippen LogP contribution >= 0.6 is 11.3 Å². The molecule has 1 aliphatic rings. The standard InChI is InChI=1S/C16H23NO4S/c1-9(2)12-13-10(7-11(22-13)14(18)20-6)8-17(12)15(19)21-16(3,4)5/h7,9,12H,8H2,1-6H3. The van der Waals surface area contributed by atoms with Crippen LogP contribution in [-0.4, -0.2) is 29.7 Å². The highest BCUT2D eigenvalue weighted by Gasteiger charge is 2.40. The molecule has 5 nitrogen and oxygen atoms in total. The van der Waals surface area contributed by atoms with Crippen LogP contribution in [0.3, 0.4) is 0 Å². The van der Waals surface area contributed by atoms with Crippen molar-refractivity contribution in [2.45, 2.75) is 52.8 Å². The van der Waals surface area contributed by atoms with E-state index in [0.717, 1.165) is 10.4 Å². The number of thiophene rings is 1. The zero-order valence-electron chi connectivity index (χ0n) is 13.9. The van der Waals surface area contributed by atoms with Crippen LogP contribution in [0.2, 0.25) is 0 Å². The van der Waals surface area contributed by atoms with Gasteiger partial charge >= 0.3 is 12.1 Å². The summed E-state index contributed by atoms with van der Waals surface area (Å²) >= 11 is 1.41. The Morgan fingerprint density at radius 3 is 2.50 bits per heavy atom. The Kier molecular flexibility index (Phi) is 4.52. The van der Waals surface area contributed by atoms with Gasteiger partial charge in [0.15, 0.2) is 0 Å². The first kappa shape index (κ1) is 16.8. The van der Waals surface area contributed by atoms with E-state index in [-0.39, 0.29) is 24.0 Å². The summed E-state index contributed by atoms with van der Waals surface area (Å²) in [4.78, 5) is 27.5. The van der Waals surface area contributed by atoms with Crippen LogP contribution in [-0.2, 0) is 16.0 Å². The Labute approximate surface area is 135 Å². The lowest BCUT2D eigenvalue weighted by Gasteiger charge is -2.30. The molecule has 122 valence electrons. The summed E-state index contributed by atoms with van der Waals surface area (Å²) in [6.07, 6.45) is -0.311. The lowest BCUT2D eigenvalue weighted by atomic mass is 10.0. The number of amides is 1. The molecule has 0 bridgehead atoms. The molecular formula is C16H23NO4S. The van der Waals surface area contributed by atoms with Gasteiger partial charge in [-0.05, 0) is 38.3 Å². The van der Waals surface area contributed by atoms with Crippen LogP contribution in [0.15, 0.2) is 6.07 Å². The quantitative estimate of drug-likeness (QED) is 0.772. The SMILES string of the molecule is COC(=O)c1cc2c(s1)C(C(C)C)N(C(=O)OC(C)(C)C)C2. The summed E-state index contributed by atoms with van der Waals surface area (Å²) in [5, 5.41) is 0. The molecule has 2 heterocycles. The van der Waals surface area contributed by atoms with E-state index in [9.17, 15) is 9.59 Å². The van der Waals surface area contributed by atoms with Gasteiger partial charge in [-0.2, -0.15) is 0 Å². The van der Waals surface area contributed by atoms with Crippen LogP contribution in [0, 0.1) is 5.92 Å². The zero-order valence-corrected chi connectivity index (χ0v) is 14.7. The Morgan fingerprint density at radius 2 is 2.00 bits per heavy atom. The van der Waals surface area contributed by atoms with Crippen LogP contribution in [0.1, 0.15) is 60.8 Å². The van der Waals surface area contributed by atoms with Gasteiger partial charge in [-0.25, -0.2) is 9.59 Å². The summed E-state index contributed by atoms with van der Waals surface area (Å²) in [6, 6.07) is 1.76. The van der Waals surface area contributed by atoms with Gasteiger partial charge in [0.1, 0.15) is 10.5 Å². The average molecular weight is 325 g/mol. The number of esters is 1. The van der Waals surface area contributed by atoms with Crippen molar-refractivity contribution in [3.05, 3.63) is 21.4 Å². The molecule has 22 heavy (non-hydrogen) atoms. The molecule has 1 aromatic heterocycles. The fraction of sp³-hybridized carbons (Fsp3) is 0.625. The first-order valence-corrected chi connectivity index (χ1v) is 8.16. The lowest BCUT2D eigenvalue weighted by Crippen LogP contribution is -2.37. The Bertz CT molecular complexity index is 585. The molecule has 0 radical (unpaired) electrons. The van der Waals surface area contributed by atoms with Crippen LogP contribution in [0.25, 0.3) is 0 Å². The number of hydrogen-bond acceptors (Lipinski definition) is 5. The molecule has 0 N–H and O–H groups in total. The summed E-state index contributed by atoms with van der Waals surface area (Å²) in [6.45, 7) is 10.2. The third-order valence-corrected chi connectivity index (χ3v) is 4.66. The van der Waals surface area contributed by atoms with E-state index < -0.39 is 5.60 Å². The molecule has 0 aliphatic carbocycles. The number of nitrogens with zero attached hydrogens (tertiary/aromatic N) is 1. The zero-order chi connectivity index (χ0) is 16.7. The van der Waals surface area contributed by atoms with Crippen molar-refractivity contribution in [3.63, 3.8) is 0 Å². The number of ether oxygens (including phenoxy) is 2. The van der Waals surface area contributed by atoms with Gasteiger partial charge in [-0.1, -0.05) is 13.8 Å². The van der Waals surface area contributed by atoms with E-state index in [1.165, 1.54) is 18.4 Å². The van der Waals surface area contributed by atoms with Gasteiger partial charge in [0.2, 0.25) is 0 Å². The van der Waals surface area contributed by atoms with Crippen molar-refractivity contribution in [2.75, 3.05) is 7.11 Å². The number of hydrogen-bond donors (Lipinski definition) is 0. The Balaban J connectivity index is 2.28. The first-order valence-electron chi connectivity index (χ1n) is 7.34. The van der Waals surface area contributed by atoms with Gasteiger partial charge in [-0.15, -0.1) is 11.3 Å². The largest absolute Gasteiger partial charge is 0.465 e. The molecule has 1 amide bonds. The molecule has 1 unspecified atom stereocenters. The van der Waals surface area contributed by atoms with Gasteiger partial charge in [0, 0.05) is 4.88 Å². The van der Waals surface area contributed by atoms with Gasteiger partial charge in [0.05, 0.1) is 19.7 Å². The Hall–Kier alpha value is -1.56. The smallest absolute Gasteiger partial charge is 0.411 e. The summed E-state index contributed by atoms with van der Waals surface area (Å²) in [7, 11) is 1.38. The molecule has 6 heteroatoms. The van der Waals surface area contributed by atoms with E-state index >= 15 is 0 Å². The molecule has 0 saturated heterocycles. The van der Waals surface area contributed by atoms with Crippen molar-refractivity contribution < 1.29 is 19.1 Å². The predicted octanol–water partition coefficient (Wildman–Crippen LogP) is 3.98. The first-order chi connectivity index (χ1) is 10.1. The Morgan fingerprint density at radius 1 is 1.36 bits per heavy atom. The minimum absolute atomic E-state index is 0.0618. The van der Waals surface area contributed by atoms with Crippen molar-refractivity contribution in [3.8, 4) is 0 Å². The van der Waals surface area contributed by atoms with E-state index in [1.807, 2.05) is 26.8 Å². The highest BCUT2D eigenvalue weighted by atomic mass is 32.1. The number of rotatable bonds is 2. The van der Waals surface area contributed by atoms with Crippen LogP contribution < -0.4 is 0 Å². The summed E-state index contributed by atoms with van der Waals surface area (Å²) in [5.41, 5.74) is 0.487. The van der Waals surface area contributed by atoms with Gasteiger partial charge in [0.25, 0.3) is 0 Å². The number of carbonyl (C=O) groups is 2. The topological polar surface area (TPSA) is 55.8 Å². The summed E-state index contributed by atoms with van der Waals surface area (Å²) in [5.74, 6) is -0.0939. The minimum atomic E-state index is -0.522. The normalized spacial score (nSPS) is 17.6. The third kappa shape index (κ3) is 3.27. The van der Waals surface area contributed by atoms with Crippen molar-refractivity contribution in [1.29, 1.82) is 0 Å². The maximum atomic E-state index is 12.4. The fourth-order valence-electron chi connectivity index (χ4n) is 2.60. The molecule has 0 saturated carbocycles. The molecule has 1 aromatic rings. The van der Waals surface area contributed by atoms with E-state index in [1.54, 1.807) is 4.90 Å². The molecule has 1 aliphatic heterocycles. The number of fused-ring (bicyclic) bond motifs is 1. The number of carbonyl (C=O) groups excluding carboxylic acids is 2. The third-order valence-electron chi connectivity index (χ3n) is 3.43. The van der Waals surface area contributed by atoms with Gasteiger partial charge in [-0.3, -0.25) is 4.90 Å². The monoisotopic (exact) mass is 325 g/mol. The second-order valence-corrected chi connectivity index (χ2v) is 7.87. The van der Waals surface area contributed by atoms with Crippen molar-refractivity contribution in [1.82, 2.24) is 4.90 Å². The van der Waals surface area contributed by atoms with Crippen LogP contribution in [0.4, 0.5) is 4.79 Å². The van der Waals surface area contributed by atoms with E-state index in [2.05, 4.69) is 13.8 Å². The maximum absolute atomic E-state index is 12.4. The minimum Gasteiger partial charge on any atom is -0.465 e. The molecule has 0 fully saturated rings. The second-order valence-electron chi connectivity index (χ2n) is 6.79. The highest BCUT2D eigenvalue weighted by molar-refractivity contribution is 7.14. The van der Waals surface area contributed by atoms with Gasteiger partial charge < -0.3 is 9.47 Å². The molecular weight excluding hydrogens is 302 g/mol. The summed E-state index contributed by atoms with van der Waals surface area (Å²) < 4.78 is 10.3. The fourth-order valence-corrected chi connectivity index (χ4v) is 3.98. The lowest BCUT2D eigenvalue weighted by molar-refractivity contribution is 0.0129. The highest BCUT2D eigenvalue weighted by Crippen LogP contribution is 2.44. The average Bonchev–Trinajstić information content (AvgIpc) is 2.91.